The zero-order chi connectivity index (χ0) is 10.6. The fourth-order valence-electron chi connectivity index (χ4n) is 1.48. The van der Waals surface area contributed by atoms with Crippen molar-refractivity contribution in [2.45, 2.75) is 19.8 Å². The maximum atomic E-state index is 10.9. The van der Waals surface area contributed by atoms with Crippen LogP contribution in [0.4, 0.5) is 0 Å². The fourth-order valence-corrected chi connectivity index (χ4v) is 1.48. The van der Waals surface area contributed by atoms with Crippen LogP contribution in [0.15, 0.2) is 30.9 Å². The summed E-state index contributed by atoms with van der Waals surface area (Å²) in [7, 11) is 0. The van der Waals surface area contributed by atoms with Crippen molar-refractivity contribution in [2.24, 2.45) is 0 Å². The van der Waals surface area contributed by atoms with Gasteiger partial charge in [0.25, 0.3) is 0 Å². The summed E-state index contributed by atoms with van der Waals surface area (Å²) < 4.78 is 0. The van der Waals surface area contributed by atoms with Gasteiger partial charge in [-0.2, -0.15) is 0 Å². The minimum Gasteiger partial charge on any atom is -0.478 e. The average Bonchev–Trinajstić information content (AvgIpc) is 2.15. The number of benzene rings is 1. The zero-order valence-electron chi connectivity index (χ0n) is 8.29. The largest absolute Gasteiger partial charge is 0.478 e. The van der Waals surface area contributed by atoms with Crippen molar-refractivity contribution in [3.05, 3.63) is 47.5 Å². The second-order valence-electron chi connectivity index (χ2n) is 3.23. The highest BCUT2D eigenvalue weighted by Crippen LogP contribution is 2.16. The Bertz CT molecular complexity index is 353. The Balaban J connectivity index is 3.08. The molecule has 1 rings (SSSR count). The lowest BCUT2D eigenvalue weighted by molar-refractivity contribution is 0.0695. The van der Waals surface area contributed by atoms with E-state index in [1.54, 1.807) is 18.2 Å². The van der Waals surface area contributed by atoms with Gasteiger partial charge in [-0.15, -0.1) is 6.58 Å². The molecule has 0 fully saturated rings. The molecule has 0 saturated heterocycles. The molecule has 0 amide bonds. The Hall–Kier alpha value is -1.57. The minimum atomic E-state index is -0.854. The van der Waals surface area contributed by atoms with Crippen molar-refractivity contribution in [3.8, 4) is 0 Å². The molecule has 0 aliphatic rings. The molecular formula is C12H14O2. The molecule has 0 unspecified atom stereocenters. The van der Waals surface area contributed by atoms with Gasteiger partial charge in [0.1, 0.15) is 0 Å². The molecule has 2 nitrogen and oxygen atoms in total. The van der Waals surface area contributed by atoms with Gasteiger partial charge in [0.15, 0.2) is 0 Å². The lowest BCUT2D eigenvalue weighted by atomic mass is 9.98. The Kier molecular flexibility index (Phi) is 3.46. The Morgan fingerprint density at radius 2 is 2.29 bits per heavy atom. The van der Waals surface area contributed by atoms with E-state index in [4.69, 9.17) is 5.11 Å². The SMILES string of the molecule is C=CCCc1c(C)cccc1C(=O)O. The number of allylic oxidation sites excluding steroid dienone is 1. The number of carboxylic acid groups (broad SMARTS) is 1. The van der Waals surface area contributed by atoms with Gasteiger partial charge in [0.05, 0.1) is 5.56 Å². The van der Waals surface area contributed by atoms with Crippen LogP contribution < -0.4 is 0 Å². The standard InChI is InChI=1S/C12H14O2/c1-3-4-7-10-9(2)6-5-8-11(10)12(13)14/h3,5-6,8H,1,4,7H2,2H3,(H,13,14). The summed E-state index contributed by atoms with van der Waals surface area (Å²) in [4.78, 5) is 10.9. The van der Waals surface area contributed by atoms with E-state index in [0.717, 1.165) is 24.0 Å². The van der Waals surface area contributed by atoms with Crippen molar-refractivity contribution in [1.82, 2.24) is 0 Å². The van der Waals surface area contributed by atoms with Crippen molar-refractivity contribution in [1.29, 1.82) is 0 Å². The van der Waals surface area contributed by atoms with E-state index in [2.05, 4.69) is 6.58 Å². The Labute approximate surface area is 83.9 Å². The third-order valence-electron chi connectivity index (χ3n) is 2.24. The molecule has 1 N–H and O–H groups in total. The molecule has 1 aromatic rings. The third kappa shape index (κ3) is 2.22. The van der Waals surface area contributed by atoms with E-state index in [1.165, 1.54) is 0 Å². The smallest absolute Gasteiger partial charge is 0.335 e. The number of aromatic carboxylic acids is 1. The molecule has 0 aliphatic carbocycles. The molecule has 1 aromatic carbocycles. The van der Waals surface area contributed by atoms with E-state index in [-0.39, 0.29) is 0 Å². The second-order valence-corrected chi connectivity index (χ2v) is 3.23. The zero-order valence-corrected chi connectivity index (χ0v) is 8.29. The van der Waals surface area contributed by atoms with E-state index < -0.39 is 5.97 Å². The average molecular weight is 190 g/mol. The highest BCUT2D eigenvalue weighted by Gasteiger charge is 2.10. The van der Waals surface area contributed by atoms with Crippen LogP contribution in [0.5, 0.6) is 0 Å². The number of hydrogen-bond donors (Lipinski definition) is 1. The molecule has 14 heavy (non-hydrogen) atoms. The third-order valence-corrected chi connectivity index (χ3v) is 2.24. The molecule has 0 bridgehead atoms. The van der Waals surface area contributed by atoms with Gasteiger partial charge in [-0.3, -0.25) is 0 Å². The predicted molar refractivity (Wildman–Crippen MR) is 56.7 cm³/mol. The highest BCUT2D eigenvalue weighted by atomic mass is 16.4. The fraction of sp³-hybridized carbons (Fsp3) is 0.250. The first-order valence-electron chi connectivity index (χ1n) is 4.59. The first kappa shape index (κ1) is 10.5. The summed E-state index contributed by atoms with van der Waals surface area (Å²) >= 11 is 0. The van der Waals surface area contributed by atoms with Crippen LogP contribution in [0.3, 0.4) is 0 Å². The van der Waals surface area contributed by atoms with Crippen LogP contribution in [-0.2, 0) is 6.42 Å². The van der Waals surface area contributed by atoms with E-state index in [1.807, 2.05) is 13.0 Å². The molecule has 0 aliphatic heterocycles. The van der Waals surface area contributed by atoms with Crippen LogP contribution in [-0.4, -0.2) is 11.1 Å². The van der Waals surface area contributed by atoms with Crippen LogP contribution in [0.2, 0.25) is 0 Å². The molecule has 0 heterocycles. The minimum absolute atomic E-state index is 0.409. The maximum Gasteiger partial charge on any atom is 0.335 e. The van der Waals surface area contributed by atoms with E-state index in [9.17, 15) is 4.79 Å². The molecular weight excluding hydrogens is 176 g/mol. The summed E-state index contributed by atoms with van der Waals surface area (Å²) in [5.41, 5.74) is 2.36. The van der Waals surface area contributed by atoms with Crippen LogP contribution >= 0.6 is 0 Å². The van der Waals surface area contributed by atoms with Crippen molar-refractivity contribution in [3.63, 3.8) is 0 Å². The van der Waals surface area contributed by atoms with Gasteiger partial charge < -0.3 is 5.11 Å². The van der Waals surface area contributed by atoms with Gasteiger partial charge >= 0.3 is 5.97 Å². The molecule has 0 aromatic heterocycles. The topological polar surface area (TPSA) is 37.3 Å². The van der Waals surface area contributed by atoms with Gasteiger partial charge in [0, 0.05) is 0 Å². The summed E-state index contributed by atoms with van der Waals surface area (Å²) in [6.07, 6.45) is 3.36. The number of hydrogen-bond acceptors (Lipinski definition) is 1. The molecule has 0 spiro atoms. The normalized spacial score (nSPS) is 9.79. The van der Waals surface area contributed by atoms with Gasteiger partial charge in [0.2, 0.25) is 0 Å². The van der Waals surface area contributed by atoms with Crippen LogP contribution in [0.25, 0.3) is 0 Å². The van der Waals surface area contributed by atoms with E-state index in [0.29, 0.717) is 5.56 Å². The lowest BCUT2D eigenvalue weighted by Crippen LogP contribution is -2.04. The lowest BCUT2D eigenvalue weighted by Gasteiger charge is -2.07. The maximum absolute atomic E-state index is 10.9. The second kappa shape index (κ2) is 4.61. The van der Waals surface area contributed by atoms with Crippen molar-refractivity contribution < 1.29 is 9.90 Å². The monoisotopic (exact) mass is 190 g/mol. The van der Waals surface area contributed by atoms with Crippen molar-refractivity contribution >= 4 is 5.97 Å². The van der Waals surface area contributed by atoms with Gasteiger partial charge in [-0.25, -0.2) is 4.79 Å². The number of carbonyl (C=O) groups is 1. The molecule has 0 atom stereocenters. The Morgan fingerprint density at radius 1 is 1.57 bits per heavy atom. The summed E-state index contributed by atoms with van der Waals surface area (Å²) in [6.45, 7) is 5.57. The van der Waals surface area contributed by atoms with Crippen LogP contribution in [0, 0.1) is 6.92 Å². The Morgan fingerprint density at radius 3 is 2.86 bits per heavy atom. The number of aryl methyl sites for hydroxylation is 1. The quantitative estimate of drug-likeness (QED) is 0.741. The molecule has 0 saturated carbocycles. The summed E-state index contributed by atoms with van der Waals surface area (Å²) in [5, 5.41) is 8.96. The van der Waals surface area contributed by atoms with Gasteiger partial charge in [-0.1, -0.05) is 18.2 Å². The van der Waals surface area contributed by atoms with Crippen LogP contribution in [0.1, 0.15) is 27.9 Å². The van der Waals surface area contributed by atoms with Gasteiger partial charge in [-0.05, 0) is 37.0 Å². The summed E-state index contributed by atoms with van der Waals surface area (Å²) in [6, 6.07) is 5.36. The summed E-state index contributed by atoms with van der Waals surface area (Å²) in [5.74, 6) is -0.854. The molecule has 74 valence electrons. The van der Waals surface area contributed by atoms with Crippen molar-refractivity contribution in [2.75, 3.05) is 0 Å². The first-order valence-corrected chi connectivity index (χ1v) is 4.59. The predicted octanol–water partition coefficient (Wildman–Crippen LogP) is 2.81. The van der Waals surface area contributed by atoms with E-state index >= 15 is 0 Å². The highest BCUT2D eigenvalue weighted by molar-refractivity contribution is 5.89. The molecule has 0 radical (unpaired) electrons. The number of carboxylic acids is 1. The molecule has 2 heteroatoms. The first-order chi connectivity index (χ1) is 6.66. The number of rotatable bonds is 4.